The van der Waals surface area contributed by atoms with Crippen molar-refractivity contribution in [1.82, 2.24) is 14.3 Å². The second kappa shape index (κ2) is 5.74. The fourth-order valence-corrected chi connectivity index (χ4v) is 2.78. The number of halogens is 1. The van der Waals surface area contributed by atoms with Gasteiger partial charge in [-0.15, -0.1) is 0 Å². The van der Waals surface area contributed by atoms with Crippen LogP contribution in [0.25, 0.3) is 0 Å². The van der Waals surface area contributed by atoms with Gasteiger partial charge in [-0.1, -0.05) is 6.92 Å². The number of nitrogens with zero attached hydrogens (tertiary/aromatic N) is 3. The quantitative estimate of drug-likeness (QED) is 0.792. The average molecular weight is 324 g/mol. The summed E-state index contributed by atoms with van der Waals surface area (Å²) >= 11 is 3.63. The van der Waals surface area contributed by atoms with Crippen molar-refractivity contribution in [3.8, 4) is 0 Å². The summed E-state index contributed by atoms with van der Waals surface area (Å²) in [5, 5.41) is 4.57. The van der Waals surface area contributed by atoms with E-state index in [0.717, 1.165) is 34.4 Å². The number of carbonyl (C=O) groups is 1. The molecular weight excluding hydrogens is 306 g/mol. The van der Waals surface area contributed by atoms with Crippen LogP contribution in [0.5, 0.6) is 0 Å². The number of hydrogen-bond acceptors (Lipinski definition) is 2. The molecule has 2 aromatic heterocycles. The van der Waals surface area contributed by atoms with Gasteiger partial charge in [0.2, 0.25) is 0 Å². The molecule has 0 aliphatic heterocycles. The molecule has 4 nitrogen and oxygen atoms in total. The van der Waals surface area contributed by atoms with E-state index in [0.29, 0.717) is 6.54 Å². The highest BCUT2D eigenvalue weighted by molar-refractivity contribution is 9.10. The van der Waals surface area contributed by atoms with E-state index in [4.69, 9.17) is 0 Å². The smallest absolute Gasteiger partial charge is 0.161 e. The van der Waals surface area contributed by atoms with E-state index in [1.165, 1.54) is 0 Å². The Hall–Kier alpha value is -1.36. The third kappa shape index (κ3) is 2.81. The van der Waals surface area contributed by atoms with E-state index in [1.54, 1.807) is 6.92 Å². The molecule has 0 radical (unpaired) electrons. The van der Waals surface area contributed by atoms with E-state index in [9.17, 15) is 4.79 Å². The molecule has 0 fully saturated rings. The molecule has 0 bridgehead atoms. The number of carbonyl (C=O) groups excluding carboxylic acids is 1. The molecule has 0 aromatic carbocycles. The summed E-state index contributed by atoms with van der Waals surface area (Å²) in [5.41, 5.74) is 2.97. The van der Waals surface area contributed by atoms with Gasteiger partial charge in [-0.2, -0.15) is 5.10 Å². The van der Waals surface area contributed by atoms with Crippen molar-refractivity contribution in [2.24, 2.45) is 0 Å². The second-order valence-corrected chi connectivity index (χ2v) is 5.30. The fourth-order valence-electron chi connectivity index (χ4n) is 2.09. The largest absolute Gasteiger partial charge is 0.348 e. The number of ketones is 1. The summed E-state index contributed by atoms with van der Waals surface area (Å²) in [6, 6.07) is 1.85. The van der Waals surface area contributed by atoms with Crippen LogP contribution in [0.2, 0.25) is 0 Å². The Morgan fingerprint density at radius 3 is 2.68 bits per heavy atom. The molecule has 0 N–H and O–H groups in total. The zero-order valence-electron chi connectivity index (χ0n) is 11.5. The van der Waals surface area contributed by atoms with Crippen LogP contribution < -0.4 is 0 Å². The zero-order valence-corrected chi connectivity index (χ0v) is 13.1. The van der Waals surface area contributed by atoms with Crippen LogP contribution in [0, 0.1) is 0 Å². The summed E-state index contributed by atoms with van der Waals surface area (Å²) in [6.07, 6.45) is 4.72. The summed E-state index contributed by atoms with van der Waals surface area (Å²) in [6.45, 7) is 7.32. The lowest BCUT2D eigenvalue weighted by Gasteiger charge is -2.06. The van der Waals surface area contributed by atoms with Gasteiger partial charge in [0, 0.05) is 24.5 Å². The Balaban J connectivity index is 2.31. The van der Waals surface area contributed by atoms with Gasteiger partial charge in [0.05, 0.1) is 22.4 Å². The van der Waals surface area contributed by atoms with Crippen molar-refractivity contribution in [1.29, 1.82) is 0 Å². The first-order chi connectivity index (χ1) is 9.06. The van der Waals surface area contributed by atoms with Gasteiger partial charge in [-0.05, 0) is 42.3 Å². The highest BCUT2D eigenvalue weighted by Gasteiger charge is 2.14. The molecule has 0 spiro atoms. The first-order valence-electron chi connectivity index (χ1n) is 6.47. The van der Waals surface area contributed by atoms with Crippen molar-refractivity contribution < 1.29 is 4.79 Å². The van der Waals surface area contributed by atoms with Gasteiger partial charge in [0.1, 0.15) is 0 Å². The molecule has 0 unspecified atom stereocenters. The molecule has 0 aliphatic rings. The third-order valence-electron chi connectivity index (χ3n) is 3.18. The molecule has 19 heavy (non-hydrogen) atoms. The molecule has 0 saturated heterocycles. The minimum atomic E-state index is 0.0936. The Morgan fingerprint density at radius 1 is 1.42 bits per heavy atom. The zero-order chi connectivity index (χ0) is 14.0. The molecule has 5 heteroatoms. The number of hydrogen-bond donors (Lipinski definition) is 0. The summed E-state index contributed by atoms with van der Waals surface area (Å²) in [4.78, 5) is 11.3. The van der Waals surface area contributed by atoms with E-state index < -0.39 is 0 Å². The van der Waals surface area contributed by atoms with Crippen molar-refractivity contribution in [2.45, 2.75) is 40.3 Å². The lowest BCUT2D eigenvalue weighted by Crippen LogP contribution is -2.07. The van der Waals surface area contributed by atoms with Crippen LogP contribution in [0.1, 0.15) is 42.5 Å². The minimum Gasteiger partial charge on any atom is -0.348 e. The van der Waals surface area contributed by atoms with Gasteiger partial charge >= 0.3 is 0 Å². The summed E-state index contributed by atoms with van der Waals surface area (Å²) in [5.74, 6) is 0.0936. The highest BCUT2D eigenvalue weighted by atomic mass is 79.9. The molecule has 0 amide bonds. The number of aromatic nitrogens is 3. The van der Waals surface area contributed by atoms with E-state index in [1.807, 2.05) is 27.7 Å². The average Bonchev–Trinajstić information content (AvgIpc) is 2.96. The predicted octanol–water partition coefficient (Wildman–Crippen LogP) is 3.28. The monoisotopic (exact) mass is 323 g/mol. The first-order valence-corrected chi connectivity index (χ1v) is 7.26. The Bertz CT molecular complexity index is 598. The molecule has 102 valence electrons. The number of aryl methyl sites for hydroxylation is 2. The van der Waals surface area contributed by atoms with Crippen LogP contribution in [-0.2, 0) is 19.5 Å². The van der Waals surface area contributed by atoms with Crippen molar-refractivity contribution in [3.63, 3.8) is 0 Å². The van der Waals surface area contributed by atoms with Crippen LogP contribution in [0.3, 0.4) is 0 Å². The summed E-state index contributed by atoms with van der Waals surface area (Å²) in [7, 11) is 0. The highest BCUT2D eigenvalue weighted by Crippen LogP contribution is 2.23. The first kappa shape index (κ1) is 14.1. The standard InChI is InChI=1S/C14H18BrN3O/c1-4-12-14(15)13(18(5-2)16-12)9-17-7-6-11(8-17)10(3)19/h6-8H,4-5,9H2,1-3H3. The second-order valence-electron chi connectivity index (χ2n) is 4.51. The van der Waals surface area contributed by atoms with Crippen LogP contribution in [0.4, 0.5) is 0 Å². The van der Waals surface area contributed by atoms with Crippen molar-refractivity contribution in [2.75, 3.05) is 0 Å². The lowest BCUT2D eigenvalue weighted by molar-refractivity contribution is 0.101. The van der Waals surface area contributed by atoms with Crippen molar-refractivity contribution in [3.05, 3.63) is 39.9 Å². The van der Waals surface area contributed by atoms with Gasteiger partial charge in [-0.25, -0.2) is 0 Å². The molecule has 0 atom stereocenters. The maximum absolute atomic E-state index is 11.3. The predicted molar refractivity (Wildman–Crippen MR) is 78.5 cm³/mol. The minimum absolute atomic E-state index is 0.0936. The van der Waals surface area contributed by atoms with Crippen LogP contribution in [-0.4, -0.2) is 20.1 Å². The maximum atomic E-state index is 11.3. The SMILES string of the molecule is CCc1nn(CC)c(Cn2ccc(C(C)=O)c2)c1Br. The fraction of sp³-hybridized carbons (Fsp3) is 0.429. The molecule has 2 heterocycles. The number of Topliss-reactive ketones (excluding diaryl/α,β-unsaturated/α-hetero) is 1. The third-order valence-corrected chi connectivity index (χ3v) is 4.10. The normalized spacial score (nSPS) is 10.9. The van der Waals surface area contributed by atoms with Gasteiger partial charge in [-0.3, -0.25) is 9.48 Å². The van der Waals surface area contributed by atoms with Crippen LogP contribution >= 0.6 is 15.9 Å². The van der Waals surface area contributed by atoms with E-state index in [2.05, 4.69) is 34.9 Å². The van der Waals surface area contributed by atoms with Crippen molar-refractivity contribution >= 4 is 21.7 Å². The van der Waals surface area contributed by atoms with E-state index in [-0.39, 0.29) is 5.78 Å². The molecule has 0 saturated carbocycles. The topological polar surface area (TPSA) is 39.8 Å². The van der Waals surface area contributed by atoms with E-state index >= 15 is 0 Å². The molecule has 0 aliphatic carbocycles. The molecule has 2 aromatic rings. The van der Waals surface area contributed by atoms with Gasteiger partial charge in [0.15, 0.2) is 5.78 Å². The summed E-state index contributed by atoms with van der Waals surface area (Å²) < 4.78 is 5.11. The van der Waals surface area contributed by atoms with Crippen LogP contribution in [0.15, 0.2) is 22.9 Å². The number of rotatable bonds is 5. The maximum Gasteiger partial charge on any atom is 0.161 e. The molecule has 2 rings (SSSR count). The Morgan fingerprint density at radius 2 is 2.16 bits per heavy atom. The Labute approximate surface area is 121 Å². The Kier molecular flexibility index (Phi) is 4.24. The van der Waals surface area contributed by atoms with Gasteiger partial charge < -0.3 is 4.57 Å². The molecular formula is C14H18BrN3O. The lowest BCUT2D eigenvalue weighted by atomic mass is 10.2. The van der Waals surface area contributed by atoms with Gasteiger partial charge in [0.25, 0.3) is 0 Å².